The number of benzene rings is 1. The van der Waals surface area contributed by atoms with E-state index in [1.54, 1.807) is 9.80 Å². The van der Waals surface area contributed by atoms with Gasteiger partial charge in [0, 0.05) is 52.1 Å². The smallest absolute Gasteiger partial charge is 0.255 e. The van der Waals surface area contributed by atoms with Gasteiger partial charge >= 0.3 is 0 Å². The molecule has 1 aliphatic rings. The van der Waals surface area contributed by atoms with Crippen LogP contribution in [-0.4, -0.2) is 71.7 Å². The molecule has 0 unspecified atom stereocenters. The van der Waals surface area contributed by atoms with Crippen LogP contribution in [0.2, 0.25) is 5.02 Å². The van der Waals surface area contributed by atoms with Crippen LogP contribution in [0.3, 0.4) is 0 Å². The van der Waals surface area contributed by atoms with E-state index in [-0.39, 0.29) is 28.3 Å². The van der Waals surface area contributed by atoms with Gasteiger partial charge in [0.1, 0.15) is 5.82 Å². The monoisotopic (exact) mass is 439 g/mol. The molecule has 3 amide bonds. The number of piperazine rings is 1. The zero-order chi connectivity index (χ0) is 22.1. The lowest BCUT2D eigenvalue weighted by Crippen LogP contribution is -2.50. The molecule has 0 bridgehead atoms. The first-order valence-corrected chi connectivity index (χ1v) is 11.0. The number of hydrogen-bond acceptors (Lipinski definition) is 3. The van der Waals surface area contributed by atoms with Crippen molar-refractivity contribution in [3.8, 4) is 0 Å². The van der Waals surface area contributed by atoms with Gasteiger partial charge in [-0.25, -0.2) is 4.39 Å². The van der Waals surface area contributed by atoms with Crippen molar-refractivity contribution in [3.05, 3.63) is 34.6 Å². The van der Waals surface area contributed by atoms with Gasteiger partial charge in [0.15, 0.2) is 0 Å². The Bertz CT molecular complexity index is 745. The second-order valence-corrected chi connectivity index (χ2v) is 7.94. The summed E-state index contributed by atoms with van der Waals surface area (Å²) in [4.78, 5) is 42.6. The van der Waals surface area contributed by atoms with Crippen molar-refractivity contribution in [2.24, 2.45) is 0 Å². The number of amides is 3. The molecule has 0 saturated carbocycles. The van der Waals surface area contributed by atoms with E-state index in [9.17, 15) is 18.8 Å². The van der Waals surface area contributed by atoms with Crippen LogP contribution in [0.5, 0.6) is 0 Å². The van der Waals surface area contributed by atoms with Crippen LogP contribution in [0.4, 0.5) is 4.39 Å². The number of carbonyl (C=O) groups is 3. The van der Waals surface area contributed by atoms with E-state index in [0.29, 0.717) is 45.4 Å². The van der Waals surface area contributed by atoms with E-state index in [4.69, 9.17) is 11.6 Å². The Balaban J connectivity index is 1.77. The molecule has 6 nitrogen and oxygen atoms in total. The predicted octanol–water partition coefficient (Wildman–Crippen LogP) is 3.58. The molecule has 1 aromatic carbocycles. The highest BCUT2D eigenvalue weighted by Gasteiger charge is 2.26. The van der Waals surface area contributed by atoms with Crippen LogP contribution in [0, 0.1) is 5.82 Å². The van der Waals surface area contributed by atoms with E-state index in [0.717, 1.165) is 32.0 Å². The van der Waals surface area contributed by atoms with Gasteiger partial charge in [-0.2, -0.15) is 0 Å². The van der Waals surface area contributed by atoms with E-state index in [1.807, 2.05) is 18.7 Å². The fourth-order valence-electron chi connectivity index (χ4n) is 3.60. The Kier molecular flexibility index (Phi) is 9.56. The zero-order valence-electron chi connectivity index (χ0n) is 17.8. The minimum atomic E-state index is -0.488. The Morgan fingerprint density at radius 3 is 2.17 bits per heavy atom. The minimum Gasteiger partial charge on any atom is -0.343 e. The number of halogens is 2. The molecule has 166 valence electrons. The summed E-state index contributed by atoms with van der Waals surface area (Å²) in [6, 6.07) is 3.72. The highest BCUT2D eigenvalue weighted by Crippen LogP contribution is 2.20. The largest absolute Gasteiger partial charge is 0.343 e. The highest BCUT2D eigenvalue weighted by molar-refractivity contribution is 6.33. The second-order valence-electron chi connectivity index (χ2n) is 7.53. The highest BCUT2D eigenvalue weighted by atomic mass is 35.5. The van der Waals surface area contributed by atoms with E-state index in [1.165, 1.54) is 12.1 Å². The summed E-state index contributed by atoms with van der Waals surface area (Å²) in [6.07, 6.45) is 3.10. The quantitative estimate of drug-likeness (QED) is 0.590. The molecule has 1 fully saturated rings. The number of hydrogen-bond donors (Lipinski definition) is 0. The van der Waals surface area contributed by atoms with Gasteiger partial charge in [-0.15, -0.1) is 0 Å². The molecule has 0 aliphatic carbocycles. The molecule has 30 heavy (non-hydrogen) atoms. The minimum absolute atomic E-state index is 0.00671. The summed E-state index contributed by atoms with van der Waals surface area (Å²) in [5, 5.41) is 0.0864. The van der Waals surface area contributed by atoms with Crippen LogP contribution in [0.15, 0.2) is 18.2 Å². The molecule has 8 heteroatoms. The van der Waals surface area contributed by atoms with Crippen LogP contribution >= 0.6 is 11.6 Å². The summed E-state index contributed by atoms with van der Waals surface area (Å²) in [6.45, 7) is 7.30. The molecule has 1 heterocycles. The van der Waals surface area contributed by atoms with Crippen molar-refractivity contribution in [1.29, 1.82) is 0 Å². The van der Waals surface area contributed by atoms with E-state index in [2.05, 4.69) is 0 Å². The topological polar surface area (TPSA) is 60.9 Å². The van der Waals surface area contributed by atoms with Gasteiger partial charge < -0.3 is 14.7 Å². The predicted molar refractivity (Wildman–Crippen MR) is 115 cm³/mol. The Hall–Kier alpha value is -2.15. The average Bonchev–Trinajstić information content (AvgIpc) is 2.73. The Morgan fingerprint density at radius 2 is 1.60 bits per heavy atom. The van der Waals surface area contributed by atoms with Crippen molar-refractivity contribution < 1.29 is 18.8 Å². The molecule has 1 saturated heterocycles. The third kappa shape index (κ3) is 6.69. The van der Waals surface area contributed by atoms with Crippen molar-refractivity contribution in [3.63, 3.8) is 0 Å². The summed E-state index contributed by atoms with van der Waals surface area (Å²) >= 11 is 5.98. The molecule has 0 aromatic heterocycles. The normalized spacial score (nSPS) is 14.0. The zero-order valence-corrected chi connectivity index (χ0v) is 18.6. The van der Waals surface area contributed by atoms with Gasteiger partial charge in [0.05, 0.1) is 10.6 Å². The van der Waals surface area contributed by atoms with Crippen LogP contribution in [0.1, 0.15) is 56.3 Å². The Morgan fingerprint density at radius 1 is 1.00 bits per heavy atom. The number of rotatable bonds is 9. The van der Waals surface area contributed by atoms with Crippen LogP contribution in [0.25, 0.3) is 0 Å². The van der Waals surface area contributed by atoms with Gasteiger partial charge in [-0.05, 0) is 37.5 Å². The lowest BCUT2D eigenvalue weighted by atomic mass is 10.1. The Labute approximate surface area is 182 Å². The summed E-state index contributed by atoms with van der Waals surface area (Å²) in [7, 11) is 0. The lowest BCUT2D eigenvalue weighted by molar-refractivity contribution is -0.133. The summed E-state index contributed by atoms with van der Waals surface area (Å²) in [5.74, 6) is -0.632. The maximum Gasteiger partial charge on any atom is 0.255 e. The number of carbonyl (C=O) groups excluding carboxylic acids is 3. The third-order valence-electron chi connectivity index (χ3n) is 5.20. The van der Waals surface area contributed by atoms with Gasteiger partial charge in [-0.3, -0.25) is 14.4 Å². The van der Waals surface area contributed by atoms with Crippen molar-refractivity contribution in [2.45, 2.75) is 46.0 Å². The van der Waals surface area contributed by atoms with E-state index < -0.39 is 5.82 Å². The van der Waals surface area contributed by atoms with Crippen molar-refractivity contribution in [1.82, 2.24) is 14.7 Å². The maximum atomic E-state index is 13.2. The summed E-state index contributed by atoms with van der Waals surface area (Å²) in [5.41, 5.74) is 0.264. The fourth-order valence-corrected chi connectivity index (χ4v) is 3.85. The first kappa shape index (κ1) is 24.1. The second kappa shape index (κ2) is 11.9. The molecule has 0 atom stereocenters. The first-order valence-electron chi connectivity index (χ1n) is 10.7. The fraction of sp³-hybridized carbons (Fsp3) is 0.591. The van der Waals surface area contributed by atoms with Crippen molar-refractivity contribution >= 4 is 29.3 Å². The molecule has 0 N–H and O–H groups in total. The molecule has 2 rings (SSSR count). The summed E-state index contributed by atoms with van der Waals surface area (Å²) < 4.78 is 13.2. The third-order valence-corrected chi connectivity index (χ3v) is 5.51. The average molecular weight is 440 g/mol. The molecule has 0 radical (unpaired) electrons. The lowest BCUT2D eigenvalue weighted by Gasteiger charge is -2.35. The molecule has 0 spiro atoms. The molecular weight excluding hydrogens is 409 g/mol. The van der Waals surface area contributed by atoms with Crippen LogP contribution < -0.4 is 0 Å². The van der Waals surface area contributed by atoms with Crippen LogP contribution in [-0.2, 0) is 9.59 Å². The van der Waals surface area contributed by atoms with Crippen molar-refractivity contribution in [2.75, 3.05) is 39.3 Å². The van der Waals surface area contributed by atoms with E-state index >= 15 is 0 Å². The first-order chi connectivity index (χ1) is 14.4. The number of nitrogens with zero attached hydrogens (tertiary/aromatic N) is 3. The maximum absolute atomic E-state index is 13.2. The molecule has 1 aliphatic heterocycles. The standard InChI is InChI=1S/C22H31ClFN3O3/c1-3-10-25(11-4-2)20(28)6-5-7-21(29)26-12-14-27(15-13-26)22(30)18-9-8-17(24)16-19(18)23/h8-9,16H,3-7,10-15H2,1-2H3. The van der Waals surface area contributed by atoms with Gasteiger partial charge in [0.25, 0.3) is 5.91 Å². The molecule has 1 aromatic rings. The van der Waals surface area contributed by atoms with Gasteiger partial charge in [0.2, 0.25) is 11.8 Å². The molecular formula is C22H31ClFN3O3. The SMILES string of the molecule is CCCN(CCC)C(=O)CCCC(=O)N1CCN(C(=O)c2ccc(F)cc2Cl)CC1. The van der Waals surface area contributed by atoms with Gasteiger partial charge in [-0.1, -0.05) is 25.4 Å².